The molecule has 2 amide bonds. The van der Waals surface area contributed by atoms with Crippen molar-refractivity contribution in [1.29, 1.82) is 0 Å². The Bertz CT molecular complexity index is 1470. The highest BCUT2D eigenvalue weighted by Gasteiger charge is 2.64. The van der Waals surface area contributed by atoms with Crippen molar-refractivity contribution < 1.29 is 18.4 Å². The van der Waals surface area contributed by atoms with Crippen LogP contribution in [-0.2, 0) is 16.9 Å². The highest BCUT2D eigenvalue weighted by molar-refractivity contribution is 6.17. The van der Waals surface area contributed by atoms with Crippen LogP contribution in [0.15, 0.2) is 80.6 Å². The number of benzene rings is 2. The maximum atomic E-state index is 14.1. The number of fused-ring (bicyclic) bond motifs is 5. The summed E-state index contributed by atoms with van der Waals surface area (Å²) >= 11 is 0. The molecule has 0 aliphatic carbocycles. The number of rotatable bonds is 3. The number of amides is 2. The van der Waals surface area contributed by atoms with Gasteiger partial charge in [0.25, 0.3) is 11.8 Å². The molecule has 0 fully saturated rings. The lowest BCUT2D eigenvalue weighted by Crippen LogP contribution is -2.53. The number of carbonyl (C=O) groups excluding carboxylic acids is 2. The predicted octanol–water partition coefficient (Wildman–Crippen LogP) is 3.65. The monoisotopic (exact) mass is 426 g/mol. The fourth-order valence-corrected chi connectivity index (χ4v) is 5.03. The van der Waals surface area contributed by atoms with E-state index >= 15 is 0 Å². The van der Waals surface area contributed by atoms with Crippen LogP contribution in [0.4, 0.5) is 5.69 Å². The standard InChI is InChI=1S/C25H18N2O5/c1-2-26-18-11-5-4-10-17(18)25(24(26)30)20-21(28)16-9-3-6-12-19(16)32-22(20)23(29)27(25)14-15-8-7-13-31-15/h3-13H,2,14H2,1H3. The van der Waals surface area contributed by atoms with Gasteiger partial charge in [-0.15, -0.1) is 0 Å². The molecule has 0 N–H and O–H groups in total. The van der Waals surface area contributed by atoms with Gasteiger partial charge >= 0.3 is 0 Å². The van der Waals surface area contributed by atoms with Gasteiger partial charge in [0.05, 0.1) is 29.4 Å². The molecule has 7 heteroatoms. The molecule has 2 aliphatic heterocycles. The second kappa shape index (κ2) is 6.43. The largest absolute Gasteiger partial charge is 0.467 e. The van der Waals surface area contributed by atoms with Gasteiger partial charge in [0.2, 0.25) is 5.76 Å². The van der Waals surface area contributed by atoms with Crippen LogP contribution in [0.5, 0.6) is 0 Å². The van der Waals surface area contributed by atoms with Crippen molar-refractivity contribution >= 4 is 28.5 Å². The summed E-state index contributed by atoms with van der Waals surface area (Å²) in [6, 6.07) is 17.5. The zero-order valence-corrected chi connectivity index (χ0v) is 17.2. The van der Waals surface area contributed by atoms with Crippen molar-refractivity contribution in [2.75, 3.05) is 11.4 Å². The molecule has 2 aromatic heterocycles. The number of furan rings is 1. The Morgan fingerprint density at radius 3 is 2.50 bits per heavy atom. The summed E-state index contributed by atoms with van der Waals surface area (Å²) in [6.07, 6.45) is 1.51. The van der Waals surface area contributed by atoms with Crippen molar-refractivity contribution in [3.63, 3.8) is 0 Å². The molecule has 0 radical (unpaired) electrons. The van der Waals surface area contributed by atoms with E-state index in [2.05, 4.69) is 0 Å². The Morgan fingerprint density at radius 2 is 1.72 bits per heavy atom. The Balaban J connectivity index is 1.74. The van der Waals surface area contributed by atoms with Gasteiger partial charge in [-0.05, 0) is 37.3 Å². The number of nitrogens with zero attached hydrogens (tertiary/aromatic N) is 2. The van der Waals surface area contributed by atoms with E-state index < -0.39 is 11.4 Å². The van der Waals surface area contributed by atoms with E-state index in [9.17, 15) is 14.4 Å². The highest BCUT2D eigenvalue weighted by atomic mass is 16.4. The van der Waals surface area contributed by atoms with Gasteiger partial charge in [0, 0.05) is 12.1 Å². The summed E-state index contributed by atoms with van der Waals surface area (Å²) in [5, 5.41) is 0.332. The summed E-state index contributed by atoms with van der Waals surface area (Å²) in [4.78, 5) is 44.6. The average molecular weight is 426 g/mol. The van der Waals surface area contributed by atoms with Gasteiger partial charge in [-0.3, -0.25) is 14.4 Å². The summed E-state index contributed by atoms with van der Waals surface area (Å²) in [5.74, 6) is -0.452. The second-order valence-corrected chi connectivity index (χ2v) is 7.88. The molecule has 2 aromatic carbocycles. The van der Waals surface area contributed by atoms with Crippen molar-refractivity contribution in [3.05, 3.63) is 99.8 Å². The third-order valence-electron chi connectivity index (χ3n) is 6.35. The van der Waals surface area contributed by atoms with Crippen LogP contribution >= 0.6 is 0 Å². The molecule has 0 saturated heterocycles. The van der Waals surface area contributed by atoms with E-state index in [4.69, 9.17) is 8.83 Å². The number of carbonyl (C=O) groups is 2. The van der Waals surface area contributed by atoms with Gasteiger partial charge in [0.1, 0.15) is 11.3 Å². The van der Waals surface area contributed by atoms with Gasteiger partial charge < -0.3 is 18.6 Å². The Kier molecular flexibility index (Phi) is 3.74. The average Bonchev–Trinajstić information content (AvgIpc) is 3.47. The molecule has 0 bridgehead atoms. The zero-order valence-electron chi connectivity index (χ0n) is 17.2. The molecule has 1 unspecified atom stereocenters. The van der Waals surface area contributed by atoms with Gasteiger partial charge in [-0.1, -0.05) is 30.3 Å². The molecule has 6 rings (SSSR count). The number of para-hydroxylation sites is 2. The van der Waals surface area contributed by atoms with Crippen molar-refractivity contribution in [3.8, 4) is 0 Å². The first-order valence-electron chi connectivity index (χ1n) is 10.4. The van der Waals surface area contributed by atoms with Gasteiger partial charge in [-0.25, -0.2) is 0 Å². The number of likely N-dealkylation sites (N-methyl/N-ethyl adjacent to an activating group) is 1. The van der Waals surface area contributed by atoms with Crippen LogP contribution in [0.1, 0.15) is 34.4 Å². The van der Waals surface area contributed by atoms with Crippen LogP contribution in [0.2, 0.25) is 0 Å². The van der Waals surface area contributed by atoms with Crippen LogP contribution < -0.4 is 10.3 Å². The smallest absolute Gasteiger partial charge is 0.291 e. The van der Waals surface area contributed by atoms with E-state index in [1.54, 1.807) is 47.4 Å². The summed E-state index contributed by atoms with van der Waals surface area (Å²) in [5.41, 5.74) is -0.341. The van der Waals surface area contributed by atoms with E-state index in [-0.39, 0.29) is 29.2 Å². The van der Waals surface area contributed by atoms with Crippen molar-refractivity contribution in [2.45, 2.75) is 19.0 Å². The first-order chi connectivity index (χ1) is 15.6. The quantitative estimate of drug-likeness (QED) is 0.499. The normalized spacial score (nSPS) is 19.3. The lowest BCUT2D eigenvalue weighted by molar-refractivity contribution is -0.126. The third kappa shape index (κ3) is 2.12. The topological polar surface area (TPSA) is 84.0 Å². The Labute approximate surface area is 182 Å². The molecule has 4 aromatic rings. The van der Waals surface area contributed by atoms with Crippen molar-refractivity contribution in [1.82, 2.24) is 4.90 Å². The first-order valence-corrected chi connectivity index (χ1v) is 10.4. The summed E-state index contributed by atoms with van der Waals surface area (Å²) in [7, 11) is 0. The predicted molar refractivity (Wildman–Crippen MR) is 116 cm³/mol. The molecule has 0 saturated carbocycles. The van der Waals surface area contributed by atoms with E-state index in [0.29, 0.717) is 34.5 Å². The minimum absolute atomic E-state index is 0.0173. The first kappa shape index (κ1) is 18.6. The van der Waals surface area contributed by atoms with E-state index in [0.717, 1.165) is 0 Å². The summed E-state index contributed by atoms with van der Waals surface area (Å²) < 4.78 is 11.5. The molecule has 2 aliphatic rings. The molecule has 32 heavy (non-hydrogen) atoms. The fraction of sp³-hybridized carbons (Fsp3) is 0.160. The maximum Gasteiger partial charge on any atom is 0.291 e. The number of anilines is 1. The minimum Gasteiger partial charge on any atom is -0.467 e. The molecular weight excluding hydrogens is 408 g/mol. The maximum absolute atomic E-state index is 14.1. The minimum atomic E-state index is -1.61. The van der Waals surface area contributed by atoms with Gasteiger partial charge in [-0.2, -0.15) is 0 Å². The Morgan fingerprint density at radius 1 is 0.938 bits per heavy atom. The second-order valence-electron chi connectivity index (χ2n) is 7.88. The highest BCUT2D eigenvalue weighted by Crippen LogP contribution is 2.52. The molecule has 4 heterocycles. The van der Waals surface area contributed by atoms with Crippen LogP contribution in [0.25, 0.3) is 11.0 Å². The van der Waals surface area contributed by atoms with Crippen LogP contribution in [0.3, 0.4) is 0 Å². The molecule has 158 valence electrons. The molecule has 1 spiro atoms. The molecule has 1 atom stereocenters. The van der Waals surface area contributed by atoms with Gasteiger partial charge in [0.15, 0.2) is 11.0 Å². The third-order valence-corrected chi connectivity index (χ3v) is 6.35. The lowest BCUT2D eigenvalue weighted by Gasteiger charge is -2.33. The lowest BCUT2D eigenvalue weighted by atomic mass is 9.84. The van der Waals surface area contributed by atoms with Crippen LogP contribution in [0, 0.1) is 0 Å². The SMILES string of the molecule is CCN1C(=O)C2(c3ccccc31)c1c(oc3ccccc3c1=O)C(=O)N2Cc1ccco1. The zero-order chi connectivity index (χ0) is 22.0. The Hall–Kier alpha value is -4.13. The number of hydrogen-bond donors (Lipinski definition) is 0. The van der Waals surface area contributed by atoms with Crippen LogP contribution in [-0.4, -0.2) is 23.3 Å². The number of hydrogen-bond acceptors (Lipinski definition) is 5. The van der Waals surface area contributed by atoms with Crippen molar-refractivity contribution in [2.24, 2.45) is 0 Å². The molecular formula is C25H18N2O5. The van der Waals surface area contributed by atoms with E-state index in [1.165, 1.54) is 11.2 Å². The molecule has 7 nitrogen and oxygen atoms in total. The van der Waals surface area contributed by atoms with E-state index in [1.807, 2.05) is 25.1 Å². The summed E-state index contributed by atoms with van der Waals surface area (Å²) in [6.45, 7) is 2.28. The fourth-order valence-electron chi connectivity index (χ4n) is 5.03.